The van der Waals surface area contributed by atoms with Gasteiger partial charge in [-0.1, -0.05) is 28.1 Å². The van der Waals surface area contributed by atoms with Gasteiger partial charge in [0.05, 0.1) is 0 Å². The van der Waals surface area contributed by atoms with Gasteiger partial charge in [0, 0.05) is 9.86 Å². The van der Waals surface area contributed by atoms with Crippen molar-refractivity contribution >= 4 is 39.6 Å². The molecule has 0 aliphatic rings. The Kier molecular flexibility index (Phi) is 2.80. The Morgan fingerprint density at radius 1 is 1.12 bits per heavy atom. The van der Waals surface area contributed by atoms with E-state index in [1.165, 1.54) is 6.07 Å². The SMILES string of the molecule is O=P(O)(O)c1c(O)ccc2ccc(Br)cc12. The number of benzene rings is 2. The van der Waals surface area contributed by atoms with Crippen LogP contribution >= 0.6 is 23.5 Å². The first-order chi connectivity index (χ1) is 7.39. The second-order valence-electron chi connectivity index (χ2n) is 3.34. The van der Waals surface area contributed by atoms with Gasteiger partial charge in [-0.15, -0.1) is 0 Å². The Balaban J connectivity index is 2.94. The van der Waals surface area contributed by atoms with Gasteiger partial charge in [0.15, 0.2) is 0 Å². The van der Waals surface area contributed by atoms with Gasteiger partial charge < -0.3 is 14.9 Å². The Hall–Kier alpha value is -0.870. The molecule has 2 aromatic rings. The minimum atomic E-state index is -4.49. The topological polar surface area (TPSA) is 77.8 Å². The second kappa shape index (κ2) is 3.86. The molecular weight excluding hydrogens is 295 g/mol. The van der Waals surface area contributed by atoms with Crippen LogP contribution < -0.4 is 5.30 Å². The largest absolute Gasteiger partial charge is 0.507 e. The number of hydrogen-bond acceptors (Lipinski definition) is 2. The number of rotatable bonds is 1. The van der Waals surface area contributed by atoms with E-state index in [1.807, 2.05) is 0 Å². The normalized spacial score (nSPS) is 11.9. The summed E-state index contributed by atoms with van der Waals surface area (Å²) in [6, 6.07) is 7.95. The second-order valence-corrected chi connectivity index (χ2v) is 5.79. The van der Waals surface area contributed by atoms with Crippen molar-refractivity contribution in [3.8, 4) is 5.75 Å². The highest BCUT2D eigenvalue weighted by Crippen LogP contribution is 2.40. The third kappa shape index (κ3) is 1.99. The van der Waals surface area contributed by atoms with Crippen LogP contribution in [-0.4, -0.2) is 14.9 Å². The van der Waals surface area contributed by atoms with Crippen LogP contribution in [0.25, 0.3) is 10.8 Å². The minimum absolute atomic E-state index is 0.327. The van der Waals surface area contributed by atoms with Crippen LogP contribution in [0.1, 0.15) is 0 Å². The molecule has 2 aromatic carbocycles. The van der Waals surface area contributed by atoms with Crippen molar-refractivity contribution < 1.29 is 19.5 Å². The first-order valence-corrected chi connectivity index (χ1v) is 6.77. The minimum Gasteiger partial charge on any atom is -0.507 e. The van der Waals surface area contributed by atoms with Gasteiger partial charge >= 0.3 is 7.60 Å². The zero-order chi connectivity index (χ0) is 11.9. The maximum Gasteiger partial charge on any atom is 0.360 e. The summed E-state index contributed by atoms with van der Waals surface area (Å²) in [6.07, 6.45) is 0. The predicted molar refractivity (Wildman–Crippen MR) is 65.0 cm³/mol. The summed E-state index contributed by atoms with van der Waals surface area (Å²) in [5.74, 6) is -0.390. The fourth-order valence-electron chi connectivity index (χ4n) is 1.57. The summed E-state index contributed by atoms with van der Waals surface area (Å²) >= 11 is 3.22. The van der Waals surface area contributed by atoms with Gasteiger partial charge in [0.1, 0.15) is 11.1 Å². The highest BCUT2D eigenvalue weighted by atomic mass is 79.9. The lowest BCUT2D eigenvalue weighted by Gasteiger charge is -2.10. The average molecular weight is 303 g/mol. The lowest BCUT2D eigenvalue weighted by atomic mass is 10.1. The van der Waals surface area contributed by atoms with Crippen LogP contribution in [0.3, 0.4) is 0 Å². The molecule has 0 atom stereocenters. The van der Waals surface area contributed by atoms with E-state index >= 15 is 0 Å². The molecule has 16 heavy (non-hydrogen) atoms. The number of phenols is 1. The molecule has 0 amide bonds. The smallest absolute Gasteiger partial charge is 0.360 e. The quantitative estimate of drug-likeness (QED) is 0.705. The standard InChI is InChI=1S/C10H8BrO4P/c11-7-3-1-6-2-4-9(12)10(8(6)5-7)16(13,14)15/h1-5,12H,(H2,13,14,15). The monoisotopic (exact) mass is 302 g/mol. The molecule has 0 radical (unpaired) electrons. The fourth-order valence-corrected chi connectivity index (χ4v) is 2.81. The van der Waals surface area contributed by atoms with Crippen molar-refractivity contribution in [2.24, 2.45) is 0 Å². The first-order valence-electron chi connectivity index (χ1n) is 4.37. The number of halogens is 1. The number of fused-ring (bicyclic) bond motifs is 1. The van der Waals surface area contributed by atoms with Crippen LogP contribution in [-0.2, 0) is 4.57 Å². The maximum absolute atomic E-state index is 11.3. The van der Waals surface area contributed by atoms with Gasteiger partial charge in [-0.3, -0.25) is 4.57 Å². The Labute approximate surface area is 99.8 Å². The van der Waals surface area contributed by atoms with E-state index in [9.17, 15) is 19.5 Å². The zero-order valence-electron chi connectivity index (χ0n) is 7.96. The predicted octanol–water partition coefficient (Wildman–Crippen LogP) is 2.11. The Morgan fingerprint density at radius 2 is 1.75 bits per heavy atom. The van der Waals surface area contributed by atoms with E-state index < -0.39 is 7.60 Å². The molecule has 0 saturated heterocycles. The third-order valence-electron chi connectivity index (χ3n) is 2.23. The van der Waals surface area contributed by atoms with Crippen LogP contribution in [0.4, 0.5) is 0 Å². The van der Waals surface area contributed by atoms with Crippen LogP contribution in [0.15, 0.2) is 34.8 Å². The summed E-state index contributed by atoms with van der Waals surface area (Å²) in [7, 11) is -4.49. The Morgan fingerprint density at radius 3 is 2.38 bits per heavy atom. The van der Waals surface area contributed by atoms with E-state index in [0.29, 0.717) is 15.2 Å². The molecule has 2 rings (SSSR count). The Bertz CT molecular complexity index is 600. The van der Waals surface area contributed by atoms with Crippen molar-refractivity contribution in [2.45, 2.75) is 0 Å². The molecule has 0 spiro atoms. The number of aromatic hydroxyl groups is 1. The van der Waals surface area contributed by atoms with Crippen molar-refractivity contribution in [1.82, 2.24) is 0 Å². The van der Waals surface area contributed by atoms with E-state index in [0.717, 1.165) is 0 Å². The van der Waals surface area contributed by atoms with Crippen LogP contribution in [0, 0.1) is 0 Å². The molecule has 84 valence electrons. The van der Waals surface area contributed by atoms with E-state index in [2.05, 4.69) is 15.9 Å². The zero-order valence-corrected chi connectivity index (χ0v) is 10.4. The van der Waals surface area contributed by atoms with Crippen LogP contribution in [0.5, 0.6) is 5.75 Å². The molecule has 0 aliphatic carbocycles. The van der Waals surface area contributed by atoms with E-state index in [1.54, 1.807) is 24.3 Å². The third-order valence-corrected chi connectivity index (χ3v) is 3.77. The van der Waals surface area contributed by atoms with Gasteiger partial charge in [-0.2, -0.15) is 0 Å². The van der Waals surface area contributed by atoms with Gasteiger partial charge in [-0.25, -0.2) is 0 Å². The van der Waals surface area contributed by atoms with Gasteiger partial charge in [0.25, 0.3) is 0 Å². The summed E-state index contributed by atoms with van der Waals surface area (Å²) in [6.45, 7) is 0. The lowest BCUT2D eigenvalue weighted by Crippen LogP contribution is -2.06. The molecule has 3 N–H and O–H groups in total. The molecule has 0 bridgehead atoms. The average Bonchev–Trinajstić information content (AvgIpc) is 2.14. The molecule has 0 fully saturated rings. The van der Waals surface area contributed by atoms with E-state index in [-0.39, 0.29) is 11.1 Å². The van der Waals surface area contributed by atoms with Gasteiger partial charge in [0.2, 0.25) is 0 Å². The molecular formula is C10H8BrO4P. The molecule has 0 unspecified atom stereocenters. The number of hydrogen-bond donors (Lipinski definition) is 3. The summed E-state index contributed by atoms with van der Waals surface area (Å²) in [5, 5.41) is 10.2. The maximum atomic E-state index is 11.3. The molecule has 0 heterocycles. The van der Waals surface area contributed by atoms with Crippen molar-refractivity contribution in [1.29, 1.82) is 0 Å². The summed E-state index contributed by atoms with van der Waals surface area (Å²) < 4.78 is 12.0. The van der Waals surface area contributed by atoms with Crippen molar-refractivity contribution in [3.63, 3.8) is 0 Å². The van der Waals surface area contributed by atoms with Crippen molar-refractivity contribution in [2.75, 3.05) is 0 Å². The lowest BCUT2D eigenvalue weighted by molar-refractivity contribution is 0.385. The summed E-state index contributed by atoms with van der Waals surface area (Å²) in [4.78, 5) is 18.4. The van der Waals surface area contributed by atoms with Crippen molar-refractivity contribution in [3.05, 3.63) is 34.8 Å². The molecule has 6 heteroatoms. The molecule has 0 aliphatic heterocycles. The fraction of sp³-hybridized carbons (Fsp3) is 0. The molecule has 4 nitrogen and oxygen atoms in total. The summed E-state index contributed by atoms with van der Waals surface area (Å²) in [5.41, 5.74) is 0. The van der Waals surface area contributed by atoms with Gasteiger partial charge in [-0.05, 0) is 23.6 Å². The van der Waals surface area contributed by atoms with E-state index in [4.69, 9.17) is 0 Å². The highest BCUT2D eigenvalue weighted by Gasteiger charge is 2.24. The molecule has 0 aromatic heterocycles. The molecule has 0 saturated carbocycles. The number of phenolic OH excluding ortho intramolecular Hbond substituents is 1. The van der Waals surface area contributed by atoms with Crippen LogP contribution in [0.2, 0.25) is 0 Å². The first kappa shape index (κ1) is 11.6. The highest BCUT2D eigenvalue weighted by molar-refractivity contribution is 9.10.